The first-order valence-electron chi connectivity index (χ1n) is 11.3. The molecule has 0 radical (unpaired) electrons. The van der Waals surface area contributed by atoms with Gasteiger partial charge in [0, 0.05) is 41.0 Å². The van der Waals surface area contributed by atoms with E-state index in [1.807, 2.05) is 67.4 Å². The van der Waals surface area contributed by atoms with E-state index in [2.05, 4.69) is 46.6 Å². The molecule has 184 valence electrons. The Labute approximate surface area is 217 Å². The van der Waals surface area contributed by atoms with Crippen LogP contribution in [-0.2, 0) is 6.42 Å². The minimum Gasteiger partial charge on any atom is -0.455 e. The topological polar surface area (TPSA) is 144 Å². The quantitative estimate of drug-likeness (QED) is 0.211. The molecule has 37 heavy (non-hydrogen) atoms. The summed E-state index contributed by atoms with van der Waals surface area (Å²) < 4.78 is 8.51. The van der Waals surface area contributed by atoms with Crippen LogP contribution < -0.4 is 4.90 Å². The summed E-state index contributed by atoms with van der Waals surface area (Å²) in [5, 5.41) is 30.8. The first-order valence-corrected chi connectivity index (χ1v) is 12.1. The standard InChI is InChI=1S/C24H18BrN9O3/c1-3-13-10-20(33-24(27-13)18(12-26-33)34(35)36)32(2)14-8-9-19-17(11-14)21(25)22(37-19)15-6-4-5-7-16(15)23-28-30-31-29-23/h4-12H,3H2,1-2H3,(H,28,29,30,31). The third kappa shape index (κ3) is 3.71. The monoisotopic (exact) mass is 559 g/mol. The molecule has 4 aromatic heterocycles. The van der Waals surface area contributed by atoms with Gasteiger partial charge in [-0.25, -0.2) is 10.1 Å². The van der Waals surface area contributed by atoms with Crippen molar-refractivity contribution >= 4 is 49.7 Å². The molecule has 0 saturated heterocycles. The van der Waals surface area contributed by atoms with E-state index in [1.165, 1.54) is 10.7 Å². The Morgan fingerprint density at radius 3 is 2.73 bits per heavy atom. The number of nitro groups is 1. The molecule has 0 amide bonds. The summed E-state index contributed by atoms with van der Waals surface area (Å²) in [5.41, 5.74) is 3.95. The van der Waals surface area contributed by atoms with Crippen LogP contribution in [0.2, 0.25) is 0 Å². The summed E-state index contributed by atoms with van der Waals surface area (Å²) in [5.74, 6) is 1.83. The highest BCUT2D eigenvalue weighted by Crippen LogP contribution is 2.42. The lowest BCUT2D eigenvalue weighted by molar-refractivity contribution is -0.383. The number of hydrogen-bond acceptors (Lipinski definition) is 9. The van der Waals surface area contributed by atoms with Gasteiger partial charge in [0.25, 0.3) is 0 Å². The molecule has 0 fully saturated rings. The molecule has 0 spiro atoms. The Bertz CT molecular complexity index is 1790. The second-order valence-electron chi connectivity index (χ2n) is 8.26. The van der Waals surface area contributed by atoms with Crippen LogP contribution in [0.25, 0.3) is 39.3 Å². The third-order valence-corrected chi connectivity index (χ3v) is 6.95. The summed E-state index contributed by atoms with van der Waals surface area (Å²) in [4.78, 5) is 17.4. The predicted octanol–water partition coefficient (Wildman–Crippen LogP) is 5.32. The van der Waals surface area contributed by atoms with Crippen molar-refractivity contribution in [2.45, 2.75) is 13.3 Å². The van der Waals surface area contributed by atoms with Gasteiger partial charge in [0.2, 0.25) is 5.65 Å². The molecule has 2 aromatic carbocycles. The largest absolute Gasteiger partial charge is 0.455 e. The summed E-state index contributed by atoms with van der Waals surface area (Å²) in [6.45, 7) is 1.95. The van der Waals surface area contributed by atoms with Crippen LogP contribution >= 0.6 is 15.9 Å². The number of halogens is 1. The van der Waals surface area contributed by atoms with E-state index in [0.717, 1.165) is 32.4 Å². The van der Waals surface area contributed by atoms with Crippen molar-refractivity contribution < 1.29 is 9.34 Å². The molecule has 0 aliphatic rings. The Morgan fingerprint density at radius 1 is 1.19 bits per heavy atom. The number of tetrazole rings is 1. The molecule has 0 aliphatic carbocycles. The predicted molar refractivity (Wildman–Crippen MR) is 140 cm³/mol. The molecule has 1 N–H and O–H groups in total. The van der Waals surface area contributed by atoms with E-state index in [-0.39, 0.29) is 11.3 Å². The Morgan fingerprint density at radius 2 is 2.00 bits per heavy atom. The van der Waals surface area contributed by atoms with Crippen molar-refractivity contribution in [2.75, 3.05) is 11.9 Å². The first-order chi connectivity index (χ1) is 18.0. The van der Waals surface area contributed by atoms with Crippen LogP contribution in [0.15, 0.2) is 63.6 Å². The van der Waals surface area contributed by atoms with Crippen LogP contribution in [0.5, 0.6) is 0 Å². The summed E-state index contributed by atoms with van der Waals surface area (Å²) in [7, 11) is 1.88. The highest BCUT2D eigenvalue weighted by atomic mass is 79.9. The number of benzene rings is 2. The van der Waals surface area contributed by atoms with Crippen LogP contribution in [-0.4, -0.2) is 47.2 Å². The van der Waals surface area contributed by atoms with E-state index in [4.69, 9.17) is 4.42 Å². The van der Waals surface area contributed by atoms with Crippen LogP contribution in [0, 0.1) is 10.1 Å². The Hall–Kier alpha value is -4.65. The summed E-state index contributed by atoms with van der Waals surface area (Å²) in [6.07, 6.45) is 1.85. The molecule has 0 aliphatic heterocycles. The highest BCUT2D eigenvalue weighted by molar-refractivity contribution is 9.10. The number of nitrogens with one attached hydrogen (secondary N) is 1. The Balaban J connectivity index is 1.47. The van der Waals surface area contributed by atoms with Gasteiger partial charge in [0.1, 0.15) is 23.4 Å². The fourth-order valence-corrected chi connectivity index (χ4v) is 4.87. The van der Waals surface area contributed by atoms with Crippen LogP contribution in [0.1, 0.15) is 12.6 Å². The minimum atomic E-state index is -0.471. The molecule has 4 heterocycles. The maximum atomic E-state index is 11.5. The number of aryl methyl sites for hydroxylation is 1. The van der Waals surface area contributed by atoms with Gasteiger partial charge < -0.3 is 9.32 Å². The molecule has 6 aromatic rings. The maximum Gasteiger partial charge on any atom is 0.333 e. The van der Waals surface area contributed by atoms with Gasteiger partial charge in [-0.2, -0.15) is 9.61 Å². The molecule has 0 unspecified atom stereocenters. The van der Waals surface area contributed by atoms with Gasteiger partial charge in [-0.15, -0.1) is 5.10 Å². The Kier molecular flexibility index (Phi) is 5.41. The molecule has 12 nitrogen and oxygen atoms in total. The normalized spacial score (nSPS) is 11.4. The number of rotatable bonds is 6. The third-order valence-electron chi connectivity index (χ3n) is 6.16. The number of aromatic amines is 1. The first kappa shape index (κ1) is 22.8. The lowest BCUT2D eigenvalue weighted by atomic mass is 10.0. The van der Waals surface area contributed by atoms with Gasteiger partial charge >= 0.3 is 5.69 Å². The summed E-state index contributed by atoms with van der Waals surface area (Å²) >= 11 is 3.73. The lowest BCUT2D eigenvalue weighted by Crippen LogP contribution is -2.15. The molecule has 0 atom stereocenters. The fraction of sp³-hybridized carbons (Fsp3) is 0.125. The van der Waals surface area contributed by atoms with Crippen molar-refractivity contribution in [1.82, 2.24) is 35.2 Å². The zero-order valence-corrected chi connectivity index (χ0v) is 21.2. The number of fused-ring (bicyclic) bond motifs is 2. The van der Waals surface area contributed by atoms with Gasteiger partial charge in [0.15, 0.2) is 5.82 Å². The van der Waals surface area contributed by atoms with E-state index in [9.17, 15) is 10.1 Å². The summed E-state index contributed by atoms with van der Waals surface area (Å²) in [6, 6.07) is 15.4. The minimum absolute atomic E-state index is 0.136. The van der Waals surface area contributed by atoms with E-state index >= 15 is 0 Å². The highest BCUT2D eigenvalue weighted by Gasteiger charge is 2.23. The average molecular weight is 560 g/mol. The number of aromatic nitrogens is 7. The molecule has 6 rings (SSSR count). The molecular formula is C24H18BrN9O3. The fourth-order valence-electron chi connectivity index (χ4n) is 4.26. The number of anilines is 2. The zero-order chi connectivity index (χ0) is 25.7. The maximum absolute atomic E-state index is 11.5. The SMILES string of the molecule is CCc1cc(N(C)c2ccc3oc(-c4ccccc4-c4nnn[nH]4)c(Br)c3c2)n2ncc([N+](=O)[O-])c2n1. The van der Waals surface area contributed by atoms with Gasteiger partial charge in [-0.05, 0) is 51.0 Å². The molecule has 0 bridgehead atoms. The lowest BCUT2D eigenvalue weighted by Gasteiger charge is -2.20. The van der Waals surface area contributed by atoms with Crippen molar-refractivity contribution in [3.05, 3.63) is 75.0 Å². The van der Waals surface area contributed by atoms with Crippen LogP contribution in [0.4, 0.5) is 17.2 Å². The van der Waals surface area contributed by atoms with Crippen molar-refractivity contribution in [1.29, 1.82) is 0 Å². The van der Waals surface area contributed by atoms with Gasteiger partial charge in [-0.3, -0.25) is 10.1 Å². The zero-order valence-electron chi connectivity index (χ0n) is 19.6. The molecular weight excluding hydrogens is 542 g/mol. The number of hydrogen-bond donors (Lipinski definition) is 1. The second-order valence-corrected chi connectivity index (χ2v) is 9.05. The van der Waals surface area contributed by atoms with Gasteiger partial charge in [-0.1, -0.05) is 31.2 Å². The number of H-pyrrole nitrogens is 1. The number of nitrogens with zero attached hydrogens (tertiary/aromatic N) is 8. The number of furan rings is 1. The van der Waals surface area contributed by atoms with E-state index in [1.54, 1.807) is 0 Å². The smallest absolute Gasteiger partial charge is 0.333 e. The van der Waals surface area contributed by atoms with Crippen molar-refractivity contribution in [2.24, 2.45) is 0 Å². The van der Waals surface area contributed by atoms with Crippen molar-refractivity contribution in [3.63, 3.8) is 0 Å². The average Bonchev–Trinajstić information content (AvgIpc) is 3.67. The van der Waals surface area contributed by atoms with Crippen LogP contribution in [0.3, 0.4) is 0 Å². The van der Waals surface area contributed by atoms with E-state index < -0.39 is 4.92 Å². The van der Waals surface area contributed by atoms with Crippen molar-refractivity contribution in [3.8, 4) is 22.7 Å². The molecule has 13 heteroatoms. The van der Waals surface area contributed by atoms with Gasteiger partial charge in [0.05, 0.1) is 9.40 Å². The van der Waals surface area contributed by atoms with E-state index in [0.29, 0.717) is 29.4 Å². The molecule has 0 saturated carbocycles. The second kappa shape index (κ2) is 8.78.